The second-order valence-electron chi connectivity index (χ2n) is 4.79. The van der Waals surface area contributed by atoms with Crippen molar-refractivity contribution < 1.29 is 9.59 Å². The van der Waals surface area contributed by atoms with Crippen molar-refractivity contribution in [2.75, 3.05) is 18.2 Å². The molecule has 3 atom stereocenters. The van der Waals surface area contributed by atoms with Gasteiger partial charge in [0.1, 0.15) is 0 Å². The van der Waals surface area contributed by atoms with Gasteiger partial charge in [0.05, 0.1) is 12.0 Å². The highest BCUT2D eigenvalue weighted by atomic mass is 32.2. The molecular formula is C11H19N3O2S. The number of carbonyl (C=O) groups excluding carboxylic acids is 2. The molecule has 0 radical (unpaired) electrons. The van der Waals surface area contributed by atoms with Gasteiger partial charge < -0.3 is 10.6 Å². The molecule has 2 fully saturated rings. The number of nitrogens with two attached hydrogens (primary N) is 1. The first-order valence-electron chi connectivity index (χ1n) is 6.00. The van der Waals surface area contributed by atoms with Gasteiger partial charge in [-0.2, -0.15) is 0 Å². The van der Waals surface area contributed by atoms with Crippen LogP contribution in [-0.4, -0.2) is 47.0 Å². The maximum Gasteiger partial charge on any atom is 0.240 e. The second-order valence-corrected chi connectivity index (χ2v) is 5.82. The molecule has 6 heteroatoms. The molecule has 2 aliphatic rings. The van der Waals surface area contributed by atoms with Crippen LogP contribution in [0.25, 0.3) is 0 Å². The monoisotopic (exact) mass is 257 g/mol. The maximum absolute atomic E-state index is 12.3. The molecule has 17 heavy (non-hydrogen) atoms. The number of primary amides is 1. The minimum Gasteiger partial charge on any atom is -0.369 e. The van der Waals surface area contributed by atoms with E-state index < -0.39 is 0 Å². The predicted molar refractivity (Wildman–Crippen MR) is 67.3 cm³/mol. The third kappa shape index (κ3) is 2.74. The first-order chi connectivity index (χ1) is 8.09. The summed E-state index contributed by atoms with van der Waals surface area (Å²) in [7, 11) is 0. The third-order valence-corrected chi connectivity index (χ3v) is 4.52. The third-order valence-electron chi connectivity index (χ3n) is 3.58. The Balaban J connectivity index is 2.01. The number of piperidine rings is 1. The van der Waals surface area contributed by atoms with E-state index >= 15 is 0 Å². The van der Waals surface area contributed by atoms with Crippen molar-refractivity contribution in [1.82, 2.24) is 10.2 Å². The van der Waals surface area contributed by atoms with Gasteiger partial charge in [0.2, 0.25) is 11.8 Å². The van der Waals surface area contributed by atoms with Crippen LogP contribution in [0.4, 0.5) is 0 Å². The predicted octanol–water partition coefficient (Wildman–Crippen LogP) is -0.239. The first kappa shape index (κ1) is 12.7. The lowest BCUT2D eigenvalue weighted by molar-refractivity contribution is -0.138. The minimum absolute atomic E-state index is 0.0888. The Labute approximate surface area is 105 Å². The number of rotatable bonds is 2. The molecule has 0 aromatic heterocycles. The summed E-state index contributed by atoms with van der Waals surface area (Å²) in [5.41, 5.74) is 5.33. The standard InChI is InChI=1S/C11H19N3O2S/c1-7-2-3-8(10(12)15)4-14(7)11(16)9-5-17-6-13-9/h7-9,13H,2-6H2,1H3,(H2,12,15). The van der Waals surface area contributed by atoms with E-state index in [1.165, 1.54) is 0 Å². The lowest BCUT2D eigenvalue weighted by atomic mass is 9.92. The quantitative estimate of drug-likeness (QED) is 0.716. The molecule has 2 saturated heterocycles. The number of likely N-dealkylation sites (tertiary alicyclic amines) is 1. The largest absolute Gasteiger partial charge is 0.369 e. The Bertz CT molecular complexity index is 318. The SMILES string of the molecule is CC1CCC(C(N)=O)CN1C(=O)C1CSCN1. The van der Waals surface area contributed by atoms with E-state index in [9.17, 15) is 9.59 Å². The molecule has 96 valence electrons. The van der Waals surface area contributed by atoms with Crippen molar-refractivity contribution in [3.05, 3.63) is 0 Å². The fraction of sp³-hybridized carbons (Fsp3) is 0.818. The number of amides is 2. The first-order valence-corrected chi connectivity index (χ1v) is 7.16. The molecule has 2 amide bonds. The lowest BCUT2D eigenvalue weighted by Gasteiger charge is -2.38. The molecule has 2 rings (SSSR count). The zero-order chi connectivity index (χ0) is 12.4. The molecule has 3 unspecified atom stereocenters. The Morgan fingerprint density at radius 1 is 1.41 bits per heavy atom. The van der Waals surface area contributed by atoms with Gasteiger partial charge in [0, 0.05) is 24.2 Å². The van der Waals surface area contributed by atoms with Gasteiger partial charge in [-0.25, -0.2) is 0 Å². The number of nitrogens with one attached hydrogen (secondary N) is 1. The van der Waals surface area contributed by atoms with E-state index in [4.69, 9.17) is 5.73 Å². The van der Waals surface area contributed by atoms with Gasteiger partial charge >= 0.3 is 0 Å². The lowest BCUT2D eigenvalue weighted by Crippen LogP contribution is -2.54. The van der Waals surface area contributed by atoms with E-state index in [2.05, 4.69) is 5.32 Å². The average Bonchev–Trinajstić information content (AvgIpc) is 2.81. The van der Waals surface area contributed by atoms with Crippen LogP contribution in [0.3, 0.4) is 0 Å². The smallest absolute Gasteiger partial charge is 0.240 e. The van der Waals surface area contributed by atoms with Crippen LogP contribution < -0.4 is 11.1 Å². The summed E-state index contributed by atoms with van der Waals surface area (Å²) in [5.74, 6) is 1.31. The van der Waals surface area contributed by atoms with Crippen LogP contribution in [0.15, 0.2) is 0 Å². The molecule has 0 spiro atoms. The van der Waals surface area contributed by atoms with Gasteiger partial charge in [-0.05, 0) is 19.8 Å². The molecule has 0 aliphatic carbocycles. The van der Waals surface area contributed by atoms with Gasteiger partial charge in [0.15, 0.2) is 0 Å². The molecule has 0 bridgehead atoms. The van der Waals surface area contributed by atoms with E-state index in [-0.39, 0.29) is 29.8 Å². The van der Waals surface area contributed by atoms with Crippen molar-refractivity contribution in [3.8, 4) is 0 Å². The highest BCUT2D eigenvalue weighted by Crippen LogP contribution is 2.23. The molecule has 2 aliphatic heterocycles. The van der Waals surface area contributed by atoms with Gasteiger partial charge in [-0.3, -0.25) is 14.9 Å². The number of hydrogen-bond acceptors (Lipinski definition) is 4. The topological polar surface area (TPSA) is 75.4 Å². The minimum atomic E-state index is -0.288. The average molecular weight is 257 g/mol. The number of thioether (sulfide) groups is 1. The van der Waals surface area contributed by atoms with Crippen LogP contribution in [0.5, 0.6) is 0 Å². The number of hydrogen-bond donors (Lipinski definition) is 2. The number of nitrogens with zero attached hydrogens (tertiary/aromatic N) is 1. The fourth-order valence-electron chi connectivity index (χ4n) is 2.40. The van der Waals surface area contributed by atoms with E-state index in [1.54, 1.807) is 11.8 Å². The van der Waals surface area contributed by atoms with Crippen LogP contribution in [0, 0.1) is 5.92 Å². The summed E-state index contributed by atoms with van der Waals surface area (Å²) in [5, 5.41) is 3.17. The van der Waals surface area contributed by atoms with Crippen molar-refractivity contribution in [1.29, 1.82) is 0 Å². The Morgan fingerprint density at radius 3 is 2.76 bits per heavy atom. The summed E-state index contributed by atoms with van der Waals surface area (Å²) in [6.07, 6.45) is 1.66. The van der Waals surface area contributed by atoms with Crippen LogP contribution >= 0.6 is 11.8 Å². The second kappa shape index (κ2) is 5.27. The van der Waals surface area contributed by atoms with Crippen LogP contribution in [-0.2, 0) is 9.59 Å². The molecule has 2 heterocycles. The Morgan fingerprint density at radius 2 is 2.18 bits per heavy atom. The Kier molecular flexibility index (Phi) is 3.93. The molecular weight excluding hydrogens is 238 g/mol. The maximum atomic E-state index is 12.3. The summed E-state index contributed by atoms with van der Waals surface area (Å²) in [4.78, 5) is 25.3. The fourth-order valence-corrected chi connectivity index (χ4v) is 3.33. The zero-order valence-corrected chi connectivity index (χ0v) is 10.8. The highest BCUT2D eigenvalue weighted by Gasteiger charge is 2.35. The Hall–Kier alpha value is -0.750. The van der Waals surface area contributed by atoms with Crippen LogP contribution in [0.1, 0.15) is 19.8 Å². The summed E-state index contributed by atoms with van der Waals surface area (Å²) >= 11 is 1.73. The van der Waals surface area contributed by atoms with Crippen molar-refractivity contribution in [2.24, 2.45) is 11.7 Å². The normalized spacial score (nSPS) is 33.7. The van der Waals surface area contributed by atoms with Crippen molar-refractivity contribution >= 4 is 23.6 Å². The van der Waals surface area contributed by atoms with E-state index in [0.717, 1.165) is 24.5 Å². The van der Waals surface area contributed by atoms with Crippen molar-refractivity contribution in [3.63, 3.8) is 0 Å². The number of carbonyl (C=O) groups is 2. The zero-order valence-electron chi connectivity index (χ0n) is 10.0. The van der Waals surface area contributed by atoms with Gasteiger partial charge in [-0.1, -0.05) is 0 Å². The van der Waals surface area contributed by atoms with E-state index in [1.807, 2.05) is 11.8 Å². The molecule has 5 nitrogen and oxygen atoms in total. The highest BCUT2D eigenvalue weighted by molar-refractivity contribution is 7.99. The molecule has 0 aromatic rings. The van der Waals surface area contributed by atoms with Gasteiger partial charge in [0.25, 0.3) is 0 Å². The molecule has 0 saturated carbocycles. The summed E-state index contributed by atoms with van der Waals surface area (Å²) in [6.45, 7) is 2.52. The van der Waals surface area contributed by atoms with E-state index in [0.29, 0.717) is 6.54 Å². The molecule has 3 N–H and O–H groups in total. The van der Waals surface area contributed by atoms with Gasteiger partial charge in [-0.15, -0.1) is 11.8 Å². The van der Waals surface area contributed by atoms with Crippen LogP contribution in [0.2, 0.25) is 0 Å². The summed E-state index contributed by atoms with van der Waals surface area (Å²) < 4.78 is 0. The van der Waals surface area contributed by atoms with Crippen molar-refractivity contribution in [2.45, 2.75) is 31.8 Å². The molecule has 0 aromatic carbocycles. The summed E-state index contributed by atoms with van der Waals surface area (Å²) in [6, 6.07) is 0.125.